The van der Waals surface area contributed by atoms with Gasteiger partial charge in [0.2, 0.25) is 5.91 Å². The van der Waals surface area contributed by atoms with Crippen LogP contribution in [0.25, 0.3) is 6.08 Å². The van der Waals surface area contributed by atoms with Crippen LogP contribution in [0, 0.1) is 0 Å². The lowest BCUT2D eigenvalue weighted by molar-refractivity contribution is -0.137. The Morgan fingerprint density at radius 3 is 2.43 bits per heavy atom. The Morgan fingerprint density at radius 1 is 1.04 bits per heavy atom. The molecule has 0 aromatic heterocycles. The van der Waals surface area contributed by atoms with Gasteiger partial charge in [-0.05, 0) is 35.9 Å². The number of halogens is 3. The summed E-state index contributed by atoms with van der Waals surface area (Å²) < 4.78 is 43.5. The van der Waals surface area contributed by atoms with Gasteiger partial charge in [-0.1, -0.05) is 18.2 Å². The highest BCUT2D eigenvalue weighted by Crippen LogP contribution is 2.29. The number of nitrogens with zero attached hydrogens (tertiary/aromatic N) is 2. The SMILES string of the molecule is COc1cccc(N2CCN(C(=O)/C=C/c3cccc(C(F)(F)F)c3)CC2)c1. The first kappa shape index (κ1) is 19.8. The molecule has 148 valence electrons. The van der Waals surface area contributed by atoms with E-state index in [4.69, 9.17) is 4.74 Å². The second-order valence-electron chi connectivity index (χ2n) is 6.47. The molecule has 0 unspecified atom stereocenters. The van der Waals surface area contributed by atoms with Gasteiger partial charge in [0.25, 0.3) is 0 Å². The van der Waals surface area contributed by atoms with E-state index in [1.165, 1.54) is 18.2 Å². The standard InChI is InChI=1S/C21H21F3N2O2/c1-28-19-7-3-6-18(15-19)25-10-12-26(13-11-25)20(27)9-8-16-4-2-5-17(14-16)21(22,23)24/h2-9,14-15H,10-13H2,1H3/b9-8+. The van der Waals surface area contributed by atoms with Gasteiger partial charge in [-0.25, -0.2) is 0 Å². The lowest BCUT2D eigenvalue weighted by Crippen LogP contribution is -2.48. The molecular weight excluding hydrogens is 369 g/mol. The molecule has 0 spiro atoms. The summed E-state index contributed by atoms with van der Waals surface area (Å²) in [6, 6.07) is 12.7. The number of anilines is 1. The molecule has 28 heavy (non-hydrogen) atoms. The number of piperazine rings is 1. The van der Waals surface area contributed by atoms with Gasteiger partial charge < -0.3 is 14.5 Å². The molecule has 2 aromatic rings. The van der Waals surface area contributed by atoms with E-state index in [9.17, 15) is 18.0 Å². The first-order valence-electron chi connectivity index (χ1n) is 8.90. The monoisotopic (exact) mass is 390 g/mol. The summed E-state index contributed by atoms with van der Waals surface area (Å²) in [5, 5.41) is 0. The summed E-state index contributed by atoms with van der Waals surface area (Å²) in [5.74, 6) is 0.572. The molecule has 4 nitrogen and oxygen atoms in total. The van der Waals surface area contributed by atoms with Gasteiger partial charge in [-0.15, -0.1) is 0 Å². The molecule has 1 aliphatic heterocycles. The van der Waals surface area contributed by atoms with Crippen molar-refractivity contribution in [3.8, 4) is 5.75 Å². The number of benzene rings is 2. The Morgan fingerprint density at radius 2 is 1.75 bits per heavy atom. The third-order valence-corrected chi connectivity index (χ3v) is 4.64. The highest BCUT2D eigenvalue weighted by Gasteiger charge is 2.30. The van der Waals surface area contributed by atoms with Crippen LogP contribution in [0.15, 0.2) is 54.6 Å². The quantitative estimate of drug-likeness (QED) is 0.738. The van der Waals surface area contributed by atoms with Crippen LogP contribution in [0.3, 0.4) is 0 Å². The second-order valence-corrected chi connectivity index (χ2v) is 6.47. The van der Waals surface area contributed by atoms with Gasteiger partial charge in [-0.2, -0.15) is 13.2 Å². The number of hydrogen-bond donors (Lipinski definition) is 0. The molecule has 0 N–H and O–H groups in total. The minimum absolute atomic E-state index is 0.206. The maximum Gasteiger partial charge on any atom is 0.416 e. The van der Waals surface area contributed by atoms with E-state index in [1.54, 1.807) is 18.1 Å². The number of rotatable bonds is 4. The Bertz CT molecular complexity index is 857. The number of hydrogen-bond acceptors (Lipinski definition) is 3. The molecule has 0 atom stereocenters. The van der Waals surface area contributed by atoms with Crippen LogP contribution in [-0.4, -0.2) is 44.1 Å². The average Bonchev–Trinajstić information content (AvgIpc) is 2.72. The van der Waals surface area contributed by atoms with Crippen molar-refractivity contribution in [1.82, 2.24) is 4.90 Å². The minimum atomic E-state index is -4.40. The van der Waals surface area contributed by atoms with Crippen LogP contribution >= 0.6 is 0 Å². The van der Waals surface area contributed by atoms with Gasteiger partial charge in [0.05, 0.1) is 12.7 Å². The fourth-order valence-corrected chi connectivity index (χ4v) is 3.08. The summed E-state index contributed by atoms with van der Waals surface area (Å²) in [5.41, 5.74) is 0.651. The number of carbonyl (C=O) groups is 1. The van der Waals surface area contributed by atoms with Crippen LogP contribution in [0.4, 0.5) is 18.9 Å². The number of amides is 1. The molecule has 0 radical (unpaired) electrons. The van der Waals surface area contributed by atoms with Crippen LogP contribution in [0.5, 0.6) is 5.75 Å². The van der Waals surface area contributed by atoms with Gasteiger partial charge in [0.1, 0.15) is 5.75 Å². The molecule has 1 amide bonds. The van der Waals surface area contributed by atoms with Gasteiger partial charge in [0, 0.05) is 44.0 Å². The molecule has 1 heterocycles. The third kappa shape index (κ3) is 4.85. The van der Waals surface area contributed by atoms with Gasteiger partial charge in [-0.3, -0.25) is 4.79 Å². The van der Waals surface area contributed by atoms with Crippen LogP contribution in [-0.2, 0) is 11.0 Å². The summed E-state index contributed by atoms with van der Waals surface area (Å²) in [6.45, 7) is 2.44. The normalized spacial score (nSPS) is 15.1. The summed E-state index contributed by atoms with van der Waals surface area (Å²) in [7, 11) is 1.62. The maximum atomic E-state index is 12.8. The Hall–Kier alpha value is -2.96. The zero-order valence-electron chi connectivity index (χ0n) is 15.4. The van der Waals surface area contributed by atoms with Crippen molar-refractivity contribution in [2.45, 2.75) is 6.18 Å². The smallest absolute Gasteiger partial charge is 0.416 e. The van der Waals surface area contributed by atoms with Crippen molar-refractivity contribution in [1.29, 1.82) is 0 Å². The Labute approximate surface area is 161 Å². The van der Waals surface area contributed by atoms with Crippen molar-refractivity contribution >= 4 is 17.7 Å². The molecule has 0 saturated carbocycles. The number of alkyl halides is 3. The van der Waals surface area contributed by atoms with Crippen molar-refractivity contribution in [3.05, 3.63) is 65.7 Å². The predicted octanol–water partition coefficient (Wildman–Crippen LogP) is 4.08. The van der Waals surface area contributed by atoms with Crippen LogP contribution in [0.1, 0.15) is 11.1 Å². The Balaban J connectivity index is 1.59. The van der Waals surface area contributed by atoms with E-state index >= 15 is 0 Å². The van der Waals surface area contributed by atoms with Gasteiger partial charge in [0.15, 0.2) is 0 Å². The number of methoxy groups -OCH3 is 1. The second kappa shape index (κ2) is 8.37. The van der Waals surface area contributed by atoms with E-state index in [1.807, 2.05) is 24.3 Å². The third-order valence-electron chi connectivity index (χ3n) is 4.64. The maximum absolute atomic E-state index is 12.8. The molecule has 3 rings (SSSR count). The van der Waals surface area contributed by atoms with Crippen molar-refractivity contribution in [3.63, 3.8) is 0 Å². The van der Waals surface area contributed by atoms with Crippen LogP contribution in [0.2, 0.25) is 0 Å². The molecule has 1 fully saturated rings. The molecule has 0 aliphatic carbocycles. The number of ether oxygens (including phenoxy) is 1. The van der Waals surface area contributed by atoms with E-state index in [0.717, 1.165) is 23.6 Å². The minimum Gasteiger partial charge on any atom is -0.497 e. The highest BCUT2D eigenvalue weighted by atomic mass is 19.4. The molecule has 0 bridgehead atoms. The van der Waals surface area contributed by atoms with Gasteiger partial charge >= 0.3 is 6.18 Å². The zero-order chi connectivity index (χ0) is 20.1. The van der Waals surface area contributed by atoms with E-state index in [0.29, 0.717) is 31.7 Å². The predicted molar refractivity (Wildman–Crippen MR) is 102 cm³/mol. The summed E-state index contributed by atoms with van der Waals surface area (Å²) in [6.07, 6.45) is -1.65. The van der Waals surface area contributed by atoms with Crippen LogP contribution < -0.4 is 9.64 Å². The molecular formula is C21H21F3N2O2. The Kier molecular flexibility index (Phi) is 5.92. The van der Waals surface area contributed by atoms with Crippen molar-refractivity contribution in [2.75, 3.05) is 38.2 Å². The molecule has 1 saturated heterocycles. The molecule has 1 aliphatic rings. The fourth-order valence-electron chi connectivity index (χ4n) is 3.08. The van der Waals surface area contributed by atoms with Crippen molar-refractivity contribution in [2.24, 2.45) is 0 Å². The lowest BCUT2D eigenvalue weighted by atomic mass is 10.1. The molecule has 7 heteroatoms. The zero-order valence-corrected chi connectivity index (χ0v) is 15.4. The van der Waals surface area contributed by atoms with E-state index in [-0.39, 0.29) is 5.91 Å². The average molecular weight is 390 g/mol. The van der Waals surface area contributed by atoms with Crippen molar-refractivity contribution < 1.29 is 22.7 Å². The fraction of sp³-hybridized carbons (Fsp3) is 0.286. The molecule has 2 aromatic carbocycles. The first-order chi connectivity index (χ1) is 13.4. The summed E-state index contributed by atoms with van der Waals surface area (Å²) >= 11 is 0. The van der Waals surface area contributed by atoms with E-state index in [2.05, 4.69) is 4.90 Å². The lowest BCUT2D eigenvalue weighted by Gasteiger charge is -2.35. The van der Waals surface area contributed by atoms with E-state index < -0.39 is 11.7 Å². The largest absolute Gasteiger partial charge is 0.497 e. The summed E-state index contributed by atoms with van der Waals surface area (Å²) in [4.78, 5) is 16.2. The topological polar surface area (TPSA) is 32.8 Å². The highest BCUT2D eigenvalue weighted by molar-refractivity contribution is 5.92. The number of carbonyl (C=O) groups excluding carboxylic acids is 1. The first-order valence-corrected chi connectivity index (χ1v) is 8.90.